The summed E-state index contributed by atoms with van der Waals surface area (Å²) in [7, 11) is 0. The van der Waals surface area contributed by atoms with Crippen molar-refractivity contribution in [2.75, 3.05) is 6.54 Å². The fraction of sp³-hybridized carbons (Fsp3) is 0.600. The van der Waals surface area contributed by atoms with Gasteiger partial charge in [-0.25, -0.2) is 5.43 Å². The molecule has 2 heteroatoms. The normalized spacial score (nSPS) is 35.4. The van der Waals surface area contributed by atoms with Gasteiger partial charge in [0.25, 0.3) is 0 Å². The second-order valence-electron chi connectivity index (χ2n) is 2.15. The molecule has 1 saturated carbocycles. The van der Waals surface area contributed by atoms with Crippen LogP contribution in [0.4, 0.5) is 0 Å². The van der Waals surface area contributed by atoms with Crippen LogP contribution in [0.15, 0.2) is 11.8 Å². The molecule has 1 atom stereocenters. The SMILES string of the molecule is C1=C2CC2CNN1. The van der Waals surface area contributed by atoms with Crippen molar-refractivity contribution >= 4 is 0 Å². The van der Waals surface area contributed by atoms with Crippen LogP contribution < -0.4 is 10.9 Å². The van der Waals surface area contributed by atoms with Gasteiger partial charge in [-0.05, 0) is 17.9 Å². The van der Waals surface area contributed by atoms with Crippen LogP contribution in [0.3, 0.4) is 0 Å². The van der Waals surface area contributed by atoms with Crippen LogP contribution in [-0.4, -0.2) is 6.54 Å². The average molecular weight is 96.1 g/mol. The summed E-state index contributed by atoms with van der Waals surface area (Å²) in [5, 5.41) is 0. The highest BCUT2D eigenvalue weighted by molar-refractivity contribution is 5.24. The maximum Gasteiger partial charge on any atom is 0.0217 e. The summed E-state index contributed by atoms with van der Waals surface area (Å²) in [5.74, 6) is 0.890. The summed E-state index contributed by atoms with van der Waals surface area (Å²) in [6.45, 7) is 1.13. The van der Waals surface area contributed by atoms with Gasteiger partial charge in [0.15, 0.2) is 0 Å². The predicted molar refractivity (Wildman–Crippen MR) is 27.3 cm³/mol. The lowest BCUT2D eigenvalue weighted by Gasteiger charge is -2.04. The van der Waals surface area contributed by atoms with E-state index in [2.05, 4.69) is 17.1 Å². The molecule has 0 spiro atoms. The van der Waals surface area contributed by atoms with Gasteiger partial charge in [0.05, 0.1) is 0 Å². The van der Waals surface area contributed by atoms with Crippen molar-refractivity contribution in [2.24, 2.45) is 5.92 Å². The zero-order valence-corrected chi connectivity index (χ0v) is 4.07. The van der Waals surface area contributed by atoms with Gasteiger partial charge in [0, 0.05) is 12.7 Å². The third kappa shape index (κ3) is 0.431. The van der Waals surface area contributed by atoms with Crippen molar-refractivity contribution in [3.05, 3.63) is 11.8 Å². The molecule has 2 N–H and O–H groups in total. The van der Waals surface area contributed by atoms with E-state index >= 15 is 0 Å². The molecule has 2 aliphatic rings. The standard InChI is InChI=1S/C5H8N2/c1-4-2-6-7-3-5(1)4/h2,5-7H,1,3H2. The lowest BCUT2D eigenvalue weighted by molar-refractivity contribution is 0.577. The number of hydrogen-bond acceptors (Lipinski definition) is 2. The van der Waals surface area contributed by atoms with Crippen molar-refractivity contribution in [3.8, 4) is 0 Å². The van der Waals surface area contributed by atoms with E-state index in [1.165, 1.54) is 6.42 Å². The van der Waals surface area contributed by atoms with E-state index in [9.17, 15) is 0 Å². The Balaban J connectivity index is 2.19. The second kappa shape index (κ2) is 1.01. The van der Waals surface area contributed by atoms with Crippen molar-refractivity contribution < 1.29 is 0 Å². The first-order valence-electron chi connectivity index (χ1n) is 2.64. The van der Waals surface area contributed by atoms with E-state index in [-0.39, 0.29) is 0 Å². The zero-order valence-electron chi connectivity index (χ0n) is 4.07. The minimum Gasteiger partial charge on any atom is -0.329 e. The highest BCUT2D eigenvalue weighted by atomic mass is 15.4. The fourth-order valence-corrected chi connectivity index (χ4v) is 0.931. The maximum absolute atomic E-state index is 3.05. The summed E-state index contributed by atoms with van der Waals surface area (Å²) in [4.78, 5) is 0. The summed E-state index contributed by atoms with van der Waals surface area (Å²) in [5.41, 5.74) is 7.60. The lowest BCUT2D eigenvalue weighted by Crippen LogP contribution is -2.31. The third-order valence-corrected chi connectivity index (χ3v) is 1.55. The Morgan fingerprint density at radius 1 is 1.71 bits per heavy atom. The predicted octanol–water partition coefficient (Wildman–Crippen LogP) is -0.00200. The van der Waals surface area contributed by atoms with Crippen LogP contribution in [-0.2, 0) is 0 Å². The number of hydrogen-bond donors (Lipinski definition) is 2. The molecule has 1 fully saturated rings. The van der Waals surface area contributed by atoms with Gasteiger partial charge in [0.2, 0.25) is 0 Å². The molecule has 0 bridgehead atoms. The van der Waals surface area contributed by atoms with Crippen LogP contribution in [0.5, 0.6) is 0 Å². The fourth-order valence-electron chi connectivity index (χ4n) is 0.931. The monoisotopic (exact) mass is 96.1 g/mol. The Bertz CT molecular complexity index is 117. The highest BCUT2D eigenvalue weighted by Crippen LogP contribution is 2.37. The molecular weight excluding hydrogens is 88.1 g/mol. The quantitative estimate of drug-likeness (QED) is 0.443. The molecule has 2 rings (SSSR count). The smallest absolute Gasteiger partial charge is 0.0217 e. The van der Waals surface area contributed by atoms with Crippen molar-refractivity contribution in [1.29, 1.82) is 0 Å². The Morgan fingerprint density at radius 2 is 2.71 bits per heavy atom. The van der Waals surface area contributed by atoms with E-state index < -0.39 is 0 Å². The van der Waals surface area contributed by atoms with Crippen molar-refractivity contribution in [1.82, 2.24) is 10.9 Å². The van der Waals surface area contributed by atoms with Gasteiger partial charge in [0.1, 0.15) is 0 Å². The molecular formula is C5H8N2. The minimum atomic E-state index is 0.890. The van der Waals surface area contributed by atoms with E-state index in [0.717, 1.165) is 12.5 Å². The number of hydrazine groups is 1. The van der Waals surface area contributed by atoms with Gasteiger partial charge >= 0.3 is 0 Å². The number of fused-ring (bicyclic) bond motifs is 1. The summed E-state index contributed by atoms with van der Waals surface area (Å²) in [6.07, 6.45) is 3.38. The van der Waals surface area contributed by atoms with E-state index in [0.29, 0.717) is 0 Å². The molecule has 1 aliphatic heterocycles. The molecule has 7 heavy (non-hydrogen) atoms. The number of nitrogens with one attached hydrogen (secondary N) is 2. The van der Waals surface area contributed by atoms with E-state index in [1.54, 1.807) is 5.57 Å². The van der Waals surface area contributed by atoms with E-state index in [4.69, 9.17) is 0 Å². The van der Waals surface area contributed by atoms with Gasteiger partial charge in [-0.15, -0.1) is 0 Å². The van der Waals surface area contributed by atoms with Crippen LogP contribution >= 0.6 is 0 Å². The second-order valence-corrected chi connectivity index (χ2v) is 2.15. The first-order chi connectivity index (χ1) is 3.47. The first-order valence-corrected chi connectivity index (χ1v) is 2.64. The largest absolute Gasteiger partial charge is 0.329 e. The molecule has 0 aromatic carbocycles. The Hall–Kier alpha value is -0.500. The van der Waals surface area contributed by atoms with Gasteiger partial charge in [-0.1, -0.05) is 0 Å². The topological polar surface area (TPSA) is 24.1 Å². The number of rotatable bonds is 0. The molecule has 0 aromatic heterocycles. The van der Waals surface area contributed by atoms with Crippen LogP contribution in [0.25, 0.3) is 0 Å². The van der Waals surface area contributed by atoms with Crippen LogP contribution in [0.1, 0.15) is 6.42 Å². The van der Waals surface area contributed by atoms with Gasteiger partial charge in [-0.3, -0.25) is 0 Å². The third-order valence-electron chi connectivity index (χ3n) is 1.55. The molecule has 0 saturated heterocycles. The maximum atomic E-state index is 3.05. The molecule has 1 aliphatic carbocycles. The summed E-state index contributed by atoms with van der Waals surface area (Å²) >= 11 is 0. The van der Waals surface area contributed by atoms with E-state index in [1.807, 2.05) is 0 Å². The van der Waals surface area contributed by atoms with Crippen molar-refractivity contribution in [3.63, 3.8) is 0 Å². The van der Waals surface area contributed by atoms with Crippen LogP contribution in [0.2, 0.25) is 0 Å². The lowest BCUT2D eigenvalue weighted by atomic mass is 10.4. The summed E-state index contributed by atoms with van der Waals surface area (Å²) in [6, 6.07) is 0. The van der Waals surface area contributed by atoms with Crippen molar-refractivity contribution in [2.45, 2.75) is 6.42 Å². The molecule has 1 heterocycles. The molecule has 38 valence electrons. The Morgan fingerprint density at radius 3 is 3.29 bits per heavy atom. The molecule has 0 radical (unpaired) electrons. The van der Waals surface area contributed by atoms with Crippen LogP contribution in [0, 0.1) is 5.92 Å². The van der Waals surface area contributed by atoms with Gasteiger partial charge in [-0.2, -0.15) is 0 Å². The Kier molecular flexibility index (Phi) is 0.504. The minimum absolute atomic E-state index is 0.890. The van der Waals surface area contributed by atoms with Gasteiger partial charge < -0.3 is 5.43 Å². The molecule has 2 nitrogen and oxygen atoms in total. The molecule has 0 aromatic rings. The molecule has 1 unspecified atom stereocenters. The highest BCUT2D eigenvalue weighted by Gasteiger charge is 2.30. The molecule has 0 amide bonds. The first kappa shape index (κ1) is 3.50. The average Bonchev–Trinajstić information content (AvgIpc) is 2.41. The zero-order chi connectivity index (χ0) is 4.69. The summed E-state index contributed by atoms with van der Waals surface area (Å²) < 4.78 is 0. The Labute approximate surface area is 42.6 Å².